The van der Waals surface area contributed by atoms with Crippen molar-refractivity contribution >= 4 is 15.7 Å². The summed E-state index contributed by atoms with van der Waals surface area (Å²) in [6.45, 7) is 5.34. The fraction of sp³-hybridized carbons (Fsp3) is 0.571. The van der Waals surface area contributed by atoms with E-state index in [0.717, 1.165) is 6.07 Å². The highest BCUT2D eigenvalue weighted by molar-refractivity contribution is 7.89. The third-order valence-corrected chi connectivity index (χ3v) is 6.34. The average Bonchev–Trinajstić information content (AvgIpc) is 2.39. The second-order valence-corrected chi connectivity index (χ2v) is 7.61. The molecule has 5 nitrogen and oxygen atoms in total. The Bertz CT molecular complexity index is 661. The number of nitrogen functional groups attached to an aromatic ring is 1. The van der Waals surface area contributed by atoms with Gasteiger partial charge in [0, 0.05) is 13.1 Å². The number of rotatable bonds is 2. The molecule has 3 N–H and O–H groups in total. The highest BCUT2D eigenvalue weighted by Gasteiger charge is 2.35. The molecule has 1 aromatic carbocycles. The van der Waals surface area contributed by atoms with E-state index < -0.39 is 21.9 Å². The Balaban J connectivity index is 2.48. The normalized spacial score (nSPS) is 24.2. The first kappa shape index (κ1) is 16.2. The van der Waals surface area contributed by atoms with Gasteiger partial charge in [-0.1, -0.05) is 6.92 Å². The van der Waals surface area contributed by atoms with E-state index in [0.29, 0.717) is 18.5 Å². The quantitative estimate of drug-likeness (QED) is 0.808. The Labute approximate surface area is 124 Å². The lowest BCUT2D eigenvalue weighted by atomic mass is 9.98. The maximum Gasteiger partial charge on any atom is 0.243 e. The van der Waals surface area contributed by atoms with Crippen molar-refractivity contribution in [1.82, 2.24) is 4.31 Å². The van der Waals surface area contributed by atoms with Crippen LogP contribution in [0.5, 0.6) is 0 Å². The van der Waals surface area contributed by atoms with Gasteiger partial charge in [0.25, 0.3) is 0 Å². The number of hydrogen-bond donors (Lipinski definition) is 2. The third-order valence-electron chi connectivity index (χ3n) is 4.18. The standard InChI is InChI=1S/C14H21FN2O3S/c1-8-4-5-17(7-12(8)18)21(19,20)14-9(2)6-11(15)13(16)10(14)3/h6,8,12,18H,4-5,7,16H2,1-3H3. The minimum absolute atomic E-state index is 0.0446. The molecule has 0 aromatic heterocycles. The first-order valence-electron chi connectivity index (χ1n) is 6.89. The summed E-state index contributed by atoms with van der Waals surface area (Å²) in [6.07, 6.45) is -0.0956. The van der Waals surface area contributed by atoms with Gasteiger partial charge in [0.1, 0.15) is 5.82 Å². The molecule has 0 radical (unpaired) electrons. The lowest BCUT2D eigenvalue weighted by Crippen LogP contribution is -2.46. The number of anilines is 1. The van der Waals surface area contributed by atoms with Crippen molar-refractivity contribution in [3.05, 3.63) is 23.0 Å². The molecular weight excluding hydrogens is 295 g/mol. The summed E-state index contributed by atoms with van der Waals surface area (Å²) in [7, 11) is -3.79. The Morgan fingerprint density at radius 2 is 2.05 bits per heavy atom. The molecule has 0 spiro atoms. The molecule has 1 heterocycles. The minimum atomic E-state index is -3.79. The molecule has 1 saturated heterocycles. The van der Waals surface area contributed by atoms with Crippen LogP contribution >= 0.6 is 0 Å². The number of aliphatic hydroxyl groups excluding tert-OH is 1. The lowest BCUT2D eigenvalue weighted by molar-refractivity contribution is 0.0605. The number of β-amino-alcohol motifs (C(OH)–C–C–N with tert-alkyl or cyclic N) is 1. The van der Waals surface area contributed by atoms with Crippen LogP contribution in [0.2, 0.25) is 0 Å². The monoisotopic (exact) mass is 316 g/mol. The summed E-state index contributed by atoms with van der Waals surface area (Å²) in [4.78, 5) is 0.0446. The lowest BCUT2D eigenvalue weighted by Gasteiger charge is -2.34. The van der Waals surface area contributed by atoms with Gasteiger partial charge in [0.2, 0.25) is 10.0 Å². The highest BCUT2D eigenvalue weighted by atomic mass is 32.2. The van der Waals surface area contributed by atoms with Crippen LogP contribution in [0.15, 0.2) is 11.0 Å². The van der Waals surface area contributed by atoms with Crippen molar-refractivity contribution in [2.45, 2.75) is 38.2 Å². The number of benzene rings is 1. The van der Waals surface area contributed by atoms with Crippen LogP contribution in [0, 0.1) is 25.6 Å². The number of nitrogens with zero attached hydrogens (tertiary/aromatic N) is 1. The average molecular weight is 316 g/mol. The topological polar surface area (TPSA) is 83.6 Å². The summed E-state index contributed by atoms with van der Waals surface area (Å²) >= 11 is 0. The van der Waals surface area contributed by atoms with Gasteiger partial charge in [-0.05, 0) is 43.4 Å². The Hall–Kier alpha value is -1.18. The van der Waals surface area contributed by atoms with Gasteiger partial charge in [-0.2, -0.15) is 4.31 Å². The van der Waals surface area contributed by atoms with Crippen LogP contribution in [-0.4, -0.2) is 37.0 Å². The summed E-state index contributed by atoms with van der Waals surface area (Å²) in [5.41, 5.74) is 6.02. The molecule has 1 aromatic rings. The van der Waals surface area contributed by atoms with Crippen molar-refractivity contribution in [3.63, 3.8) is 0 Å². The first-order valence-corrected chi connectivity index (χ1v) is 8.33. The molecule has 118 valence electrons. The number of aliphatic hydroxyl groups is 1. The van der Waals surface area contributed by atoms with E-state index in [9.17, 15) is 17.9 Å². The Kier molecular flexibility index (Phi) is 4.28. The molecule has 2 atom stereocenters. The van der Waals surface area contributed by atoms with Crippen LogP contribution in [-0.2, 0) is 10.0 Å². The molecule has 0 saturated carbocycles. The third kappa shape index (κ3) is 2.77. The van der Waals surface area contributed by atoms with E-state index in [1.807, 2.05) is 6.92 Å². The number of piperidine rings is 1. The second kappa shape index (κ2) is 5.55. The molecule has 2 unspecified atom stereocenters. The fourth-order valence-electron chi connectivity index (χ4n) is 2.69. The van der Waals surface area contributed by atoms with Gasteiger partial charge in [0.15, 0.2) is 0 Å². The van der Waals surface area contributed by atoms with E-state index in [1.54, 1.807) is 6.92 Å². The van der Waals surface area contributed by atoms with Crippen LogP contribution in [0.1, 0.15) is 24.5 Å². The van der Waals surface area contributed by atoms with E-state index in [-0.39, 0.29) is 28.6 Å². The molecule has 2 rings (SSSR count). The van der Waals surface area contributed by atoms with Gasteiger partial charge >= 0.3 is 0 Å². The number of aryl methyl sites for hydroxylation is 1. The maximum atomic E-state index is 13.6. The second-order valence-electron chi connectivity index (χ2n) is 5.74. The number of nitrogens with two attached hydrogens (primary N) is 1. The van der Waals surface area contributed by atoms with E-state index >= 15 is 0 Å². The van der Waals surface area contributed by atoms with Crippen molar-refractivity contribution in [1.29, 1.82) is 0 Å². The Morgan fingerprint density at radius 1 is 1.43 bits per heavy atom. The van der Waals surface area contributed by atoms with Crippen LogP contribution in [0.4, 0.5) is 10.1 Å². The van der Waals surface area contributed by atoms with Crippen molar-refractivity contribution in [2.75, 3.05) is 18.8 Å². The van der Waals surface area contributed by atoms with Crippen LogP contribution in [0.3, 0.4) is 0 Å². The predicted octanol–water partition coefficient (Wildman–Crippen LogP) is 1.42. The number of sulfonamides is 1. The zero-order valence-corrected chi connectivity index (χ0v) is 13.2. The summed E-state index contributed by atoms with van der Waals surface area (Å²) < 4.78 is 40.4. The van der Waals surface area contributed by atoms with Gasteiger partial charge < -0.3 is 10.8 Å². The molecule has 0 aliphatic carbocycles. The maximum absolute atomic E-state index is 13.6. The molecule has 1 aliphatic heterocycles. The van der Waals surface area contributed by atoms with E-state index in [1.165, 1.54) is 11.2 Å². The fourth-order valence-corrected chi connectivity index (χ4v) is 4.61. The van der Waals surface area contributed by atoms with E-state index in [2.05, 4.69) is 0 Å². The molecular formula is C14H21FN2O3S. The summed E-state index contributed by atoms with van der Waals surface area (Å²) in [5.74, 6) is -0.548. The largest absolute Gasteiger partial charge is 0.396 e. The number of hydrogen-bond acceptors (Lipinski definition) is 4. The Morgan fingerprint density at radius 3 is 2.62 bits per heavy atom. The van der Waals surface area contributed by atoms with Crippen LogP contribution < -0.4 is 5.73 Å². The molecule has 0 amide bonds. The van der Waals surface area contributed by atoms with Crippen molar-refractivity contribution in [3.8, 4) is 0 Å². The van der Waals surface area contributed by atoms with Gasteiger partial charge in [-0.3, -0.25) is 0 Å². The van der Waals surface area contributed by atoms with Crippen molar-refractivity contribution < 1.29 is 17.9 Å². The SMILES string of the molecule is Cc1cc(F)c(N)c(C)c1S(=O)(=O)N1CCC(C)C(O)C1. The smallest absolute Gasteiger partial charge is 0.243 e. The molecule has 0 bridgehead atoms. The van der Waals surface area contributed by atoms with Gasteiger partial charge in [-0.25, -0.2) is 12.8 Å². The van der Waals surface area contributed by atoms with Gasteiger partial charge in [-0.15, -0.1) is 0 Å². The molecule has 1 aliphatic rings. The summed E-state index contributed by atoms with van der Waals surface area (Å²) in [6, 6.07) is 1.14. The highest BCUT2D eigenvalue weighted by Crippen LogP contribution is 2.31. The molecule has 7 heteroatoms. The van der Waals surface area contributed by atoms with Crippen molar-refractivity contribution in [2.24, 2.45) is 5.92 Å². The zero-order chi connectivity index (χ0) is 15.9. The summed E-state index contributed by atoms with van der Waals surface area (Å²) in [5, 5.41) is 9.90. The van der Waals surface area contributed by atoms with E-state index in [4.69, 9.17) is 5.73 Å². The number of halogens is 1. The first-order chi connectivity index (χ1) is 9.66. The van der Waals surface area contributed by atoms with Gasteiger partial charge in [0.05, 0.1) is 16.7 Å². The molecule has 21 heavy (non-hydrogen) atoms. The predicted molar refractivity (Wildman–Crippen MR) is 78.8 cm³/mol. The molecule has 1 fully saturated rings. The van der Waals surface area contributed by atoms with Crippen LogP contribution in [0.25, 0.3) is 0 Å². The zero-order valence-electron chi connectivity index (χ0n) is 12.4. The minimum Gasteiger partial charge on any atom is -0.396 e.